The highest BCUT2D eigenvalue weighted by atomic mass is 16.2. The summed E-state index contributed by atoms with van der Waals surface area (Å²) in [6, 6.07) is 10.5. The molecule has 138 valence electrons. The molecule has 1 aromatic rings. The lowest BCUT2D eigenvalue weighted by atomic mass is 10.0. The van der Waals surface area contributed by atoms with Crippen LogP contribution in [0.15, 0.2) is 30.3 Å². The van der Waals surface area contributed by atoms with Crippen LogP contribution >= 0.6 is 0 Å². The second kappa shape index (κ2) is 9.09. The van der Waals surface area contributed by atoms with Gasteiger partial charge in [-0.15, -0.1) is 0 Å². The summed E-state index contributed by atoms with van der Waals surface area (Å²) in [5.41, 5.74) is 1.28. The van der Waals surface area contributed by atoms with Crippen molar-refractivity contribution >= 4 is 11.7 Å². The van der Waals surface area contributed by atoms with Crippen LogP contribution in [0.3, 0.4) is 0 Å². The second-order valence-electron chi connectivity index (χ2n) is 7.62. The maximum absolute atomic E-state index is 12.0. The maximum atomic E-state index is 12.0. The largest absolute Gasteiger partial charge is 0.371 e. The van der Waals surface area contributed by atoms with Gasteiger partial charge in [0.2, 0.25) is 0 Å². The second-order valence-corrected chi connectivity index (χ2v) is 7.62. The highest BCUT2D eigenvalue weighted by Gasteiger charge is 2.23. The summed E-state index contributed by atoms with van der Waals surface area (Å²) in [6.45, 7) is 9.21. The minimum absolute atomic E-state index is 0.0248. The summed E-state index contributed by atoms with van der Waals surface area (Å²) >= 11 is 0. The molecule has 0 aliphatic carbocycles. The lowest BCUT2D eigenvalue weighted by Crippen LogP contribution is -2.44. The van der Waals surface area contributed by atoms with Gasteiger partial charge in [0.15, 0.2) is 0 Å². The van der Waals surface area contributed by atoms with Crippen molar-refractivity contribution in [2.24, 2.45) is 11.8 Å². The van der Waals surface area contributed by atoms with Crippen LogP contribution in [-0.2, 0) is 0 Å². The quantitative estimate of drug-likeness (QED) is 0.834. The molecule has 3 rings (SSSR count). The molecule has 2 saturated heterocycles. The molecule has 2 atom stereocenters. The van der Waals surface area contributed by atoms with E-state index in [0.29, 0.717) is 5.92 Å². The summed E-state index contributed by atoms with van der Waals surface area (Å²) in [5.74, 6) is 1.33. The van der Waals surface area contributed by atoms with E-state index in [1.165, 1.54) is 31.6 Å². The molecule has 2 amide bonds. The minimum Gasteiger partial charge on any atom is -0.371 e. The molecule has 0 spiro atoms. The van der Waals surface area contributed by atoms with Crippen LogP contribution < -0.4 is 15.5 Å². The van der Waals surface area contributed by atoms with Gasteiger partial charge in [-0.05, 0) is 49.8 Å². The topological polar surface area (TPSA) is 47.6 Å². The number of piperidine rings is 1. The molecular weight excluding hydrogens is 312 g/mol. The van der Waals surface area contributed by atoms with Gasteiger partial charge in [-0.3, -0.25) is 0 Å². The van der Waals surface area contributed by atoms with Crippen LogP contribution in [0.2, 0.25) is 0 Å². The number of nitrogens with zero attached hydrogens (tertiary/aromatic N) is 2. The average Bonchev–Trinajstić information content (AvgIpc) is 3.10. The van der Waals surface area contributed by atoms with Gasteiger partial charge < -0.3 is 20.4 Å². The fourth-order valence-corrected chi connectivity index (χ4v) is 3.99. The van der Waals surface area contributed by atoms with Crippen LogP contribution in [0.4, 0.5) is 10.5 Å². The van der Waals surface area contributed by atoms with E-state index in [1.807, 2.05) is 6.07 Å². The van der Waals surface area contributed by atoms with E-state index >= 15 is 0 Å². The van der Waals surface area contributed by atoms with E-state index in [9.17, 15) is 4.79 Å². The normalized spacial score (nSPS) is 24.3. The Morgan fingerprint density at radius 1 is 1.12 bits per heavy atom. The van der Waals surface area contributed by atoms with E-state index in [1.54, 1.807) is 0 Å². The van der Waals surface area contributed by atoms with Crippen molar-refractivity contribution in [2.75, 3.05) is 50.7 Å². The molecule has 25 heavy (non-hydrogen) atoms. The zero-order valence-corrected chi connectivity index (χ0v) is 15.4. The number of carbonyl (C=O) groups is 1. The number of nitrogens with one attached hydrogen (secondary N) is 2. The van der Waals surface area contributed by atoms with Crippen LogP contribution in [0.1, 0.15) is 26.2 Å². The van der Waals surface area contributed by atoms with Crippen molar-refractivity contribution in [2.45, 2.75) is 26.2 Å². The number of para-hydroxylation sites is 1. The minimum atomic E-state index is -0.0248. The van der Waals surface area contributed by atoms with Crippen molar-refractivity contribution in [3.05, 3.63) is 30.3 Å². The van der Waals surface area contributed by atoms with Crippen LogP contribution in [0.25, 0.3) is 0 Å². The Kier molecular flexibility index (Phi) is 6.56. The highest BCUT2D eigenvalue weighted by molar-refractivity contribution is 5.73. The molecular formula is C20H32N4O. The molecule has 2 aliphatic heterocycles. The summed E-state index contributed by atoms with van der Waals surface area (Å²) < 4.78 is 0. The standard InChI is InChI=1S/C20H32N4O/c1-17-6-5-11-23(15-17)13-10-21-20(25)22-14-18-9-12-24(16-18)19-7-3-2-4-8-19/h2-4,7-8,17-18H,5-6,9-16H2,1H3,(H2,21,22,25)/t17-,18+/m1/s1. The number of urea groups is 1. The SMILES string of the molecule is C[C@@H]1CCCN(CCNC(=O)NC[C@@H]2CCN(c3ccccc3)C2)C1. The Hall–Kier alpha value is -1.75. The third kappa shape index (κ3) is 5.63. The molecule has 5 nitrogen and oxygen atoms in total. The number of hydrogen-bond acceptors (Lipinski definition) is 3. The Morgan fingerprint density at radius 3 is 2.76 bits per heavy atom. The fraction of sp³-hybridized carbons (Fsp3) is 0.650. The molecule has 0 unspecified atom stereocenters. The van der Waals surface area contributed by atoms with Gasteiger partial charge in [-0.2, -0.15) is 0 Å². The molecule has 0 saturated carbocycles. The van der Waals surface area contributed by atoms with E-state index in [-0.39, 0.29) is 6.03 Å². The van der Waals surface area contributed by atoms with Gasteiger partial charge >= 0.3 is 6.03 Å². The summed E-state index contributed by atoms with van der Waals surface area (Å²) in [6.07, 6.45) is 3.76. The zero-order valence-electron chi connectivity index (χ0n) is 15.4. The molecule has 1 aromatic carbocycles. The van der Waals surface area contributed by atoms with Crippen molar-refractivity contribution in [1.29, 1.82) is 0 Å². The number of benzene rings is 1. The molecule has 2 heterocycles. The van der Waals surface area contributed by atoms with Crippen molar-refractivity contribution in [3.8, 4) is 0 Å². The lowest BCUT2D eigenvalue weighted by molar-refractivity contribution is 0.183. The Bertz CT molecular complexity index is 536. The van der Waals surface area contributed by atoms with E-state index in [0.717, 1.165) is 45.1 Å². The van der Waals surface area contributed by atoms with E-state index in [4.69, 9.17) is 0 Å². The average molecular weight is 345 g/mol. The van der Waals surface area contributed by atoms with Crippen LogP contribution in [-0.4, -0.2) is 56.7 Å². The number of carbonyl (C=O) groups excluding carboxylic acids is 1. The number of rotatable bonds is 6. The number of amides is 2. The number of anilines is 1. The van der Waals surface area contributed by atoms with E-state index in [2.05, 4.69) is 51.6 Å². The van der Waals surface area contributed by atoms with Gasteiger partial charge in [0, 0.05) is 45.0 Å². The van der Waals surface area contributed by atoms with Gasteiger partial charge in [-0.1, -0.05) is 25.1 Å². The molecule has 0 bridgehead atoms. The first kappa shape index (κ1) is 18.1. The first-order valence-corrected chi connectivity index (χ1v) is 9.75. The summed E-state index contributed by atoms with van der Waals surface area (Å²) in [7, 11) is 0. The molecule has 2 N–H and O–H groups in total. The highest BCUT2D eigenvalue weighted by Crippen LogP contribution is 2.22. The van der Waals surface area contributed by atoms with Crippen molar-refractivity contribution in [3.63, 3.8) is 0 Å². The van der Waals surface area contributed by atoms with Crippen LogP contribution in [0.5, 0.6) is 0 Å². The molecule has 5 heteroatoms. The van der Waals surface area contributed by atoms with Gasteiger partial charge in [0.1, 0.15) is 0 Å². The number of likely N-dealkylation sites (tertiary alicyclic amines) is 1. The predicted molar refractivity (Wildman–Crippen MR) is 103 cm³/mol. The third-order valence-electron chi connectivity index (χ3n) is 5.41. The first-order valence-electron chi connectivity index (χ1n) is 9.75. The smallest absolute Gasteiger partial charge is 0.314 e. The van der Waals surface area contributed by atoms with Crippen LogP contribution in [0, 0.1) is 11.8 Å². The van der Waals surface area contributed by atoms with Gasteiger partial charge in [-0.25, -0.2) is 4.79 Å². The summed E-state index contributed by atoms with van der Waals surface area (Å²) in [4.78, 5) is 16.9. The Labute approximate surface area is 151 Å². The van der Waals surface area contributed by atoms with Gasteiger partial charge in [0.05, 0.1) is 0 Å². The van der Waals surface area contributed by atoms with E-state index < -0.39 is 0 Å². The zero-order chi connectivity index (χ0) is 17.5. The lowest BCUT2D eigenvalue weighted by Gasteiger charge is -2.30. The molecule has 2 aliphatic rings. The third-order valence-corrected chi connectivity index (χ3v) is 5.41. The molecule has 0 radical (unpaired) electrons. The molecule has 0 aromatic heterocycles. The molecule has 2 fully saturated rings. The summed E-state index contributed by atoms with van der Waals surface area (Å²) in [5, 5.41) is 6.05. The monoisotopic (exact) mass is 344 g/mol. The number of hydrogen-bond donors (Lipinski definition) is 2. The maximum Gasteiger partial charge on any atom is 0.314 e. The Balaban J connectivity index is 1.29. The van der Waals surface area contributed by atoms with Gasteiger partial charge in [0.25, 0.3) is 0 Å². The van der Waals surface area contributed by atoms with Crippen molar-refractivity contribution < 1.29 is 4.79 Å². The Morgan fingerprint density at radius 2 is 1.96 bits per heavy atom. The van der Waals surface area contributed by atoms with Crippen molar-refractivity contribution in [1.82, 2.24) is 15.5 Å². The first-order chi connectivity index (χ1) is 12.2. The predicted octanol–water partition coefficient (Wildman–Crippen LogP) is 2.54. The fourth-order valence-electron chi connectivity index (χ4n) is 3.99.